The van der Waals surface area contributed by atoms with Gasteiger partial charge in [0.25, 0.3) is 5.91 Å². The minimum atomic E-state index is -0.138. The predicted octanol–water partition coefficient (Wildman–Crippen LogP) is 4.53. The largest absolute Gasteiger partial charge is 0.376 e. The molecule has 5 heteroatoms. The summed E-state index contributed by atoms with van der Waals surface area (Å²) in [5, 5.41) is 2.94. The number of carbonyl (C=O) groups excluding carboxylic acids is 1. The van der Waals surface area contributed by atoms with Crippen molar-refractivity contribution >= 4 is 49.1 Å². The number of nitrogens with one attached hydrogen (secondary N) is 1. The fraction of sp³-hybridized carbons (Fsp3) is 0.133. The highest BCUT2D eigenvalue weighted by molar-refractivity contribution is 9.11. The van der Waals surface area contributed by atoms with E-state index in [4.69, 9.17) is 0 Å². The molecule has 0 aromatic heterocycles. The van der Waals surface area contributed by atoms with Crippen molar-refractivity contribution in [2.75, 3.05) is 24.3 Å². The molecule has 104 valence electrons. The van der Waals surface area contributed by atoms with E-state index < -0.39 is 0 Å². The Morgan fingerprint density at radius 1 is 1.05 bits per heavy atom. The van der Waals surface area contributed by atoms with Gasteiger partial charge in [0, 0.05) is 28.6 Å². The standard InChI is InChI=1S/C15H14Br2N2O/c1-19(2)14-6-4-3-5-13(14)18-15(20)10-7-11(16)9-12(17)8-10/h3-9H,1-2H3,(H,18,20). The number of rotatable bonds is 3. The normalized spacial score (nSPS) is 10.2. The van der Waals surface area contributed by atoms with Gasteiger partial charge in [0.15, 0.2) is 0 Å². The maximum absolute atomic E-state index is 12.3. The first-order chi connectivity index (χ1) is 9.47. The molecule has 2 rings (SSSR count). The lowest BCUT2D eigenvalue weighted by Gasteiger charge is -2.17. The molecule has 1 amide bonds. The molecule has 0 fully saturated rings. The molecule has 0 heterocycles. The van der Waals surface area contributed by atoms with Crippen LogP contribution < -0.4 is 10.2 Å². The van der Waals surface area contributed by atoms with Crippen LogP contribution in [0.25, 0.3) is 0 Å². The van der Waals surface area contributed by atoms with E-state index in [1.807, 2.05) is 49.3 Å². The zero-order valence-electron chi connectivity index (χ0n) is 11.2. The topological polar surface area (TPSA) is 32.3 Å². The number of amides is 1. The van der Waals surface area contributed by atoms with Gasteiger partial charge in [-0.05, 0) is 30.3 Å². The highest BCUT2D eigenvalue weighted by Crippen LogP contribution is 2.25. The Kier molecular flexibility index (Phi) is 4.83. The van der Waals surface area contributed by atoms with Gasteiger partial charge in [-0.2, -0.15) is 0 Å². The molecule has 0 unspecified atom stereocenters. The zero-order valence-corrected chi connectivity index (χ0v) is 14.3. The number of nitrogens with zero attached hydrogens (tertiary/aromatic N) is 1. The van der Waals surface area contributed by atoms with Crippen LogP contribution in [-0.2, 0) is 0 Å². The van der Waals surface area contributed by atoms with E-state index >= 15 is 0 Å². The predicted molar refractivity (Wildman–Crippen MR) is 90.6 cm³/mol. The van der Waals surface area contributed by atoms with E-state index in [1.165, 1.54) is 0 Å². The smallest absolute Gasteiger partial charge is 0.255 e. The average Bonchev–Trinajstić information content (AvgIpc) is 2.37. The van der Waals surface area contributed by atoms with Crippen molar-refractivity contribution < 1.29 is 4.79 Å². The molecule has 3 nitrogen and oxygen atoms in total. The quantitative estimate of drug-likeness (QED) is 0.825. The second kappa shape index (κ2) is 6.41. The Morgan fingerprint density at radius 3 is 2.25 bits per heavy atom. The van der Waals surface area contributed by atoms with Crippen molar-refractivity contribution in [2.24, 2.45) is 0 Å². The highest BCUT2D eigenvalue weighted by atomic mass is 79.9. The maximum atomic E-state index is 12.3. The third-order valence-electron chi connectivity index (χ3n) is 2.76. The summed E-state index contributed by atoms with van der Waals surface area (Å²) in [5.74, 6) is -0.138. The summed E-state index contributed by atoms with van der Waals surface area (Å²) in [6.07, 6.45) is 0. The molecule has 0 aliphatic heterocycles. The lowest BCUT2D eigenvalue weighted by atomic mass is 10.2. The molecule has 20 heavy (non-hydrogen) atoms. The number of benzene rings is 2. The molecule has 2 aromatic rings. The molecule has 0 radical (unpaired) electrons. The lowest BCUT2D eigenvalue weighted by molar-refractivity contribution is 0.102. The van der Waals surface area contributed by atoms with E-state index in [9.17, 15) is 4.79 Å². The Labute approximate surface area is 135 Å². The lowest BCUT2D eigenvalue weighted by Crippen LogP contribution is -2.16. The van der Waals surface area contributed by atoms with Crippen molar-refractivity contribution in [2.45, 2.75) is 0 Å². The Bertz CT molecular complexity index is 621. The van der Waals surface area contributed by atoms with Gasteiger partial charge in [0.2, 0.25) is 0 Å². The summed E-state index contributed by atoms with van der Waals surface area (Å²) in [4.78, 5) is 14.3. The van der Waals surface area contributed by atoms with Crippen LogP contribution in [0.1, 0.15) is 10.4 Å². The summed E-state index contributed by atoms with van der Waals surface area (Å²) in [6, 6.07) is 13.2. The average molecular weight is 398 g/mol. The monoisotopic (exact) mass is 396 g/mol. The number of hydrogen-bond donors (Lipinski definition) is 1. The Hall–Kier alpha value is -1.33. The zero-order chi connectivity index (χ0) is 14.7. The van der Waals surface area contributed by atoms with Crippen LogP contribution >= 0.6 is 31.9 Å². The molecular weight excluding hydrogens is 384 g/mol. The first-order valence-corrected chi connectivity index (χ1v) is 7.60. The summed E-state index contributed by atoms with van der Waals surface area (Å²) < 4.78 is 1.72. The highest BCUT2D eigenvalue weighted by Gasteiger charge is 2.11. The molecule has 0 saturated carbocycles. The van der Waals surface area contributed by atoms with Gasteiger partial charge in [0.05, 0.1) is 11.4 Å². The molecule has 0 saturated heterocycles. The van der Waals surface area contributed by atoms with E-state index in [1.54, 1.807) is 12.1 Å². The van der Waals surface area contributed by atoms with E-state index in [2.05, 4.69) is 37.2 Å². The number of carbonyl (C=O) groups is 1. The van der Waals surface area contributed by atoms with Crippen molar-refractivity contribution in [3.63, 3.8) is 0 Å². The fourth-order valence-electron chi connectivity index (χ4n) is 1.85. The first kappa shape index (κ1) is 15.1. The third-order valence-corrected chi connectivity index (χ3v) is 3.67. The first-order valence-electron chi connectivity index (χ1n) is 6.01. The molecule has 0 spiro atoms. The third kappa shape index (κ3) is 3.61. The molecule has 0 aliphatic carbocycles. The fourth-order valence-corrected chi connectivity index (χ4v) is 3.14. The van der Waals surface area contributed by atoms with Crippen molar-refractivity contribution in [1.29, 1.82) is 0 Å². The van der Waals surface area contributed by atoms with Gasteiger partial charge in [-0.25, -0.2) is 0 Å². The van der Waals surface area contributed by atoms with Crippen molar-refractivity contribution in [3.8, 4) is 0 Å². The van der Waals surface area contributed by atoms with Crippen molar-refractivity contribution in [3.05, 3.63) is 57.0 Å². The van der Waals surface area contributed by atoms with Gasteiger partial charge in [-0.1, -0.05) is 44.0 Å². The van der Waals surface area contributed by atoms with E-state index in [0.29, 0.717) is 5.56 Å². The van der Waals surface area contributed by atoms with E-state index in [-0.39, 0.29) is 5.91 Å². The summed E-state index contributed by atoms with van der Waals surface area (Å²) in [5.41, 5.74) is 2.35. The van der Waals surface area contributed by atoms with Gasteiger partial charge >= 0.3 is 0 Å². The molecular formula is C15H14Br2N2O. The van der Waals surface area contributed by atoms with Crippen LogP contribution in [0.5, 0.6) is 0 Å². The SMILES string of the molecule is CN(C)c1ccccc1NC(=O)c1cc(Br)cc(Br)c1. The Morgan fingerprint density at radius 2 is 1.65 bits per heavy atom. The molecule has 1 N–H and O–H groups in total. The van der Waals surface area contributed by atoms with Gasteiger partial charge in [0.1, 0.15) is 0 Å². The minimum absolute atomic E-state index is 0.138. The number of anilines is 2. The van der Waals surface area contributed by atoms with Crippen LogP contribution in [0.3, 0.4) is 0 Å². The summed E-state index contributed by atoms with van der Waals surface area (Å²) in [7, 11) is 3.89. The summed E-state index contributed by atoms with van der Waals surface area (Å²) in [6.45, 7) is 0. The molecule has 0 atom stereocenters. The minimum Gasteiger partial charge on any atom is -0.376 e. The second-order valence-corrected chi connectivity index (χ2v) is 6.36. The molecule has 2 aromatic carbocycles. The maximum Gasteiger partial charge on any atom is 0.255 e. The van der Waals surface area contributed by atoms with Gasteiger partial charge in [-0.15, -0.1) is 0 Å². The van der Waals surface area contributed by atoms with Gasteiger partial charge in [-0.3, -0.25) is 4.79 Å². The second-order valence-electron chi connectivity index (χ2n) is 4.52. The number of hydrogen-bond acceptors (Lipinski definition) is 2. The van der Waals surface area contributed by atoms with Crippen LogP contribution in [0.15, 0.2) is 51.4 Å². The molecule has 0 bridgehead atoms. The van der Waals surface area contributed by atoms with Crippen LogP contribution in [0, 0.1) is 0 Å². The Balaban J connectivity index is 2.28. The van der Waals surface area contributed by atoms with Crippen molar-refractivity contribution in [1.82, 2.24) is 0 Å². The van der Waals surface area contributed by atoms with Crippen LogP contribution in [-0.4, -0.2) is 20.0 Å². The van der Waals surface area contributed by atoms with Crippen LogP contribution in [0.4, 0.5) is 11.4 Å². The van der Waals surface area contributed by atoms with E-state index in [0.717, 1.165) is 20.3 Å². The summed E-state index contributed by atoms with van der Waals surface area (Å²) >= 11 is 6.77. The van der Waals surface area contributed by atoms with Gasteiger partial charge < -0.3 is 10.2 Å². The van der Waals surface area contributed by atoms with Crippen LogP contribution in [0.2, 0.25) is 0 Å². The number of para-hydroxylation sites is 2. The number of halogens is 2. The molecule has 0 aliphatic rings.